The van der Waals surface area contributed by atoms with E-state index in [0.29, 0.717) is 11.0 Å². The van der Waals surface area contributed by atoms with E-state index in [1.54, 1.807) is 0 Å². The molecule has 23 heavy (non-hydrogen) atoms. The van der Waals surface area contributed by atoms with Crippen molar-refractivity contribution in [1.82, 2.24) is 14.8 Å². The van der Waals surface area contributed by atoms with Gasteiger partial charge in [0.1, 0.15) is 18.0 Å². The van der Waals surface area contributed by atoms with Crippen molar-refractivity contribution >= 4 is 22.9 Å². The molecule has 0 fully saturated rings. The van der Waals surface area contributed by atoms with Crippen molar-refractivity contribution in [1.29, 1.82) is 0 Å². The molecule has 3 rings (SSSR count). The van der Waals surface area contributed by atoms with Gasteiger partial charge in [0.2, 0.25) is 12.1 Å². The van der Waals surface area contributed by atoms with Gasteiger partial charge in [-0.1, -0.05) is 4.98 Å². The lowest BCUT2D eigenvalue weighted by Gasteiger charge is -2.00. The number of carbonyl (C=O) groups excluding carboxylic acids is 1. The molecule has 0 aliphatic rings. The molecule has 1 aromatic carbocycles. The number of aromatic nitrogens is 3. The van der Waals surface area contributed by atoms with Gasteiger partial charge in [-0.2, -0.15) is 4.68 Å². The summed E-state index contributed by atoms with van der Waals surface area (Å²) in [6, 6.07) is 5.25. The van der Waals surface area contributed by atoms with E-state index in [4.69, 9.17) is 9.15 Å². The average molecular weight is 320 g/mol. The standard InChI is InChI=1S/C13H9FN4O5/c14-9-1-2-10-8(5-9)6-11(23-10)12(19)22-4-3-17-7-15-13(16-17)18(20)21/h1-2,5-7H,3-4H2. The molecule has 2 heterocycles. The second-order valence-corrected chi connectivity index (χ2v) is 4.49. The monoisotopic (exact) mass is 320 g/mol. The number of carbonyl (C=O) groups is 1. The van der Waals surface area contributed by atoms with Crippen LogP contribution < -0.4 is 0 Å². The van der Waals surface area contributed by atoms with E-state index in [1.165, 1.54) is 28.9 Å². The summed E-state index contributed by atoms with van der Waals surface area (Å²) in [6.07, 6.45) is 1.16. The van der Waals surface area contributed by atoms with Gasteiger partial charge >= 0.3 is 11.9 Å². The lowest BCUT2D eigenvalue weighted by Crippen LogP contribution is -2.11. The number of furan rings is 1. The van der Waals surface area contributed by atoms with Gasteiger partial charge in [-0.3, -0.25) is 0 Å². The summed E-state index contributed by atoms with van der Waals surface area (Å²) in [7, 11) is 0. The molecule has 9 nitrogen and oxygen atoms in total. The Hall–Kier alpha value is -3.30. The molecule has 0 radical (unpaired) electrons. The molecule has 0 N–H and O–H groups in total. The van der Waals surface area contributed by atoms with E-state index < -0.39 is 22.7 Å². The molecule has 0 saturated heterocycles. The number of fused-ring (bicyclic) bond motifs is 1. The highest BCUT2D eigenvalue weighted by molar-refractivity contribution is 5.92. The highest BCUT2D eigenvalue weighted by atomic mass is 19.1. The van der Waals surface area contributed by atoms with Gasteiger partial charge < -0.3 is 19.3 Å². The van der Waals surface area contributed by atoms with Crippen LogP contribution in [0.1, 0.15) is 10.6 Å². The van der Waals surface area contributed by atoms with Gasteiger partial charge in [0.05, 0.1) is 6.54 Å². The Kier molecular flexibility index (Phi) is 3.71. The Labute approximate surface area is 127 Å². The van der Waals surface area contributed by atoms with Crippen molar-refractivity contribution in [3.8, 4) is 0 Å². The minimum Gasteiger partial charge on any atom is -0.458 e. The summed E-state index contributed by atoms with van der Waals surface area (Å²) in [5.74, 6) is -1.76. The number of nitro groups is 1. The molecule has 0 atom stereocenters. The van der Waals surface area contributed by atoms with Crippen molar-refractivity contribution in [2.45, 2.75) is 6.54 Å². The molecule has 2 aromatic heterocycles. The molecule has 0 aliphatic carbocycles. The highest BCUT2D eigenvalue weighted by Crippen LogP contribution is 2.20. The second-order valence-electron chi connectivity index (χ2n) is 4.49. The number of rotatable bonds is 5. The number of esters is 1. The normalized spacial score (nSPS) is 10.8. The van der Waals surface area contributed by atoms with Crippen LogP contribution in [0, 0.1) is 15.9 Å². The predicted molar refractivity (Wildman–Crippen MR) is 73.1 cm³/mol. The third kappa shape index (κ3) is 3.15. The SMILES string of the molecule is O=C(OCCn1cnc([N+](=O)[O-])n1)c1cc2cc(F)ccc2o1. The van der Waals surface area contributed by atoms with Crippen molar-refractivity contribution in [2.24, 2.45) is 0 Å². The van der Waals surface area contributed by atoms with Gasteiger partial charge in [-0.15, -0.1) is 0 Å². The van der Waals surface area contributed by atoms with Crippen LogP contribution in [0.15, 0.2) is 35.0 Å². The van der Waals surface area contributed by atoms with E-state index in [9.17, 15) is 19.3 Å². The van der Waals surface area contributed by atoms with E-state index in [-0.39, 0.29) is 18.9 Å². The summed E-state index contributed by atoms with van der Waals surface area (Å²) >= 11 is 0. The maximum Gasteiger partial charge on any atom is 0.490 e. The van der Waals surface area contributed by atoms with Crippen LogP contribution in [0.4, 0.5) is 10.3 Å². The minimum absolute atomic E-state index is 0.0600. The van der Waals surface area contributed by atoms with Crippen LogP contribution in [0.2, 0.25) is 0 Å². The molecule has 3 aromatic rings. The van der Waals surface area contributed by atoms with Crippen LogP contribution in [-0.4, -0.2) is 32.3 Å². The largest absolute Gasteiger partial charge is 0.490 e. The fourth-order valence-corrected chi connectivity index (χ4v) is 1.89. The quantitative estimate of drug-likeness (QED) is 0.401. The molecule has 0 spiro atoms. The summed E-state index contributed by atoms with van der Waals surface area (Å²) in [5.41, 5.74) is 0.366. The first-order valence-corrected chi connectivity index (χ1v) is 6.43. The maximum atomic E-state index is 13.1. The molecule has 10 heteroatoms. The van der Waals surface area contributed by atoms with Crippen molar-refractivity contribution in [3.05, 3.63) is 52.3 Å². The minimum atomic E-state index is -0.726. The van der Waals surface area contributed by atoms with Gasteiger partial charge in [-0.25, -0.2) is 9.18 Å². The zero-order valence-electron chi connectivity index (χ0n) is 11.5. The Balaban J connectivity index is 1.60. The van der Waals surface area contributed by atoms with Gasteiger partial charge in [0.15, 0.2) is 0 Å². The molecule has 0 aliphatic heterocycles. The highest BCUT2D eigenvalue weighted by Gasteiger charge is 2.16. The smallest absolute Gasteiger partial charge is 0.458 e. The number of hydrogen-bond donors (Lipinski definition) is 0. The first-order valence-electron chi connectivity index (χ1n) is 6.43. The molecule has 0 amide bonds. The fraction of sp³-hybridized carbons (Fsp3) is 0.154. The maximum absolute atomic E-state index is 13.1. The zero-order valence-corrected chi connectivity index (χ0v) is 11.5. The summed E-state index contributed by atoms with van der Waals surface area (Å²) in [6.45, 7) is 0.0200. The van der Waals surface area contributed by atoms with Gasteiger partial charge in [0.25, 0.3) is 0 Å². The molecule has 0 saturated carbocycles. The summed E-state index contributed by atoms with van der Waals surface area (Å²) in [4.78, 5) is 25.0. The lowest BCUT2D eigenvalue weighted by atomic mass is 10.2. The Morgan fingerprint density at radius 3 is 3.00 bits per heavy atom. The van der Waals surface area contributed by atoms with Crippen LogP contribution in [0.3, 0.4) is 0 Å². The van der Waals surface area contributed by atoms with Crippen molar-refractivity contribution in [3.63, 3.8) is 0 Å². The number of ether oxygens (including phenoxy) is 1. The van der Waals surface area contributed by atoms with E-state index in [2.05, 4.69) is 10.1 Å². The molecular formula is C13H9FN4O5. The van der Waals surface area contributed by atoms with E-state index in [0.717, 1.165) is 6.33 Å². The Bertz CT molecular complexity index is 888. The summed E-state index contributed by atoms with van der Waals surface area (Å²) in [5, 5.41) is 14.5. The average Bonchev–Trinajstić information content (AvgIpc) is 3.13. The first kappa shape index (κ1) is 14.6. The first-order chi connectivity index (χ1) is 11.0. The van der Waals surface area contributed by atoms with Crippen LogP contribution in [-0.2, 0) is 11.3 Å². The number of halogens is 1. The Morgan fingerprint density at radius 1 is 1.43 bits per heavy atom. The third-order valence-corrected chi connectivity index (χ3v) is 2.92. The van der Waals surface area contributed by atoms with Gasteiger partial charge in [0, 0.05) is 10.5 Å². The predicted octanol–water partition coefficient (Wildman–Crippen LogP) is 1.93. The van der Waals surface area contributed by atoms with Crippen LogP contribution in [0.25, 0.3) is 11.0 Å². The van der Waals surface area contributed by atoms with E-state index in [1.807, 2.05) is 0 Å². The van der Waals surface area contributed by atoms with Crippen LogP contribution >= 0.6 is 0 Å². The van der Waals surface area contributed by atoms with Crippen molar-refractivity contribution in [2.75, 3.05) is 6.61 Å². The number of hydrogen-bond acceptors (Lipinski definition) is 7. The fourth-order valence-electron chi connectivity index (χ4n) is 1.89. The summed E-state index contributed by atoms with van der Waals surface area (Å²) < 4.78 is 24.5. The number of benzene rings is 1. The topological polar surface area (TPSA) is 113 Å². The third-order valence-electron chi connectivity index (χ3n) is 2.92. The van der Waals surface area contributed by atoms with Gasteiger partial charge in [-0.05, 0) is 29.2 Å². The van der Waals surface area contributed by atoms with Crippen LogP contribution in [0.5, 0.6) is 0 Å². The second kappa shape index (κ2) is 5.83. The Morgan fingerprint density at radius 2 is 2.26 bits per heavy atom. The number of nitrogens with zero attached hydrogens (tertiary/aromatic N) is 4. The zero-order chi connectivity index (χ0) is 16.4. The van der Waals surface area contributed by atoms with Crippen molar-refractivity contribution < 1.29 is 23.3 Å². The molecule has 118 valence electrons. The molecular weight excluding hydrogens is 311 g/mol. The molecule has 0 bridgehead atoms. The lowest BCUT2D eigenvalue weighted by molar-refractivity contribution is -0.394. The van der Waals surface area contributed by atoms with E-state index >= 15 is 0 Å². The molecule has 0 unspecified atom stereocenters.